The van der Waals surface area contributed by atoms with Crippen LogP contribution in [-0.4, -0.2) is 102 Å². The van der Waals surface area contributed by atoms with Crippen LogP contribution < -0.4 is 5.32 Å². The number of allylic oxidation sites excluding steroid dienone is 1. The van der Waals surface area contributed by atoms with E-state index in [0.717, 1.165) is 12.8 Å². The van der Waals surface area contributed by atoms with Gasteiger partial charge in [0, 0.05) is 26.6 Å². The van der Waals surface area contributed by atoms with Crippen LogP contribution in [0.2, 0.25) is 0 Å². The van der Waals surface area contributed by atoms with Gasteiger partial charge in [0.25, 0.3) is 0 Å². The number of nitrogens with zero attached hydrogens (tertiary/aromatic N) is 2. The van der Waals surface area contributed by atoms with Crippen molar-refractivity contribution in [2.45, 2.75) is 88.3 Å². The second-order valence-corrected chi connectivity index (χ2v) is 12.5. The number of benzene rings is 1. The third-order valence-electron chi connectivity index (χ3n) is 9.43. The Morgan fingerprint density at radius 3 is 2.61 bits per heavy atom. The summed E-state index contributed by atoms with van der Waals surface area (Å²) in [5.41, 5.74) is -0.581. The molecule has 11 heteroatoms. The number of rotatable bonds is 18. The molecule has 0 aliphatic carbocycles. The number of ether oxygens (including phenoxy) is 3. The molecule has 1 aromatic rings. The molecule has 3 heterocycles. The molecule has 0 radical (unpaired) electrons. The van der Waals surface area contributed by atoms with Crippen LogP contribution in [0.4, 0.5) is 0 Å². The first-order valence-electron chi connectivity index (χ1n) is 16.3. The topological polar surface area (TPSA) is 135 Å². The first-order valence-corrected chi connectivity index (χ1v) is 16.3. The maximum atomic E-state index is 14.3. The van der Waals surface area contributed by atoms with Crippen LogP contribution in [0.1, 0.15) is 64.0 Å². The Labute approximate surface area is 271 Å². The minimum absolute atomic E-state index is 0.0683. The van der Waals surface area contributed by atoms with E-state index in [9.17, 15) is 24.3 Å². The number of aliphatic hydroxyl groups excluding tert-OH is 1. The van der Waals surface area contributed by atoms with E-state index in [2.05, 4.69) is 18.5 Å². The van der Waals surface area contributed by atoms with Crippen molar-refractivity contribution in [3.8, 4) is 0 Å². The zero-order valence-corrected chi connectivity index (χ0v) is 27.3. The van der Waals surface area contributed by atoms with Crippen LogP contribution in [0, 0.1) is 11.8 Å². The van der Waals surface area contributed by atoms with E-state index >= 15 is 0 Å². The zero-order chi connectivity index (χ0) is 33.4. The number of aliphatic hydroxyl groups is 1. The molecule has 2 N–H and O–H groups in total. The number of carbonyl (C=O) groups excluding carboxylic acids is 4. The molecule has 1 aromatic carbocycles. The molecule has 2 bridgehead atoms. The van der Waals surface area contributed by atoms with Gasteiger partial charge in [0.2, 0.25) is 17.7 Å². The Bertz CT molecular complexity index is 1260. The number of fused-ring (bicyclic) bond motifs is 1. The zero-order valence-electron chi connectivity index (χ0n) is 27.3. The van der Waals surface area contributed by atoms with Gasteiger partial charge in [-0.2, -0.15) is 0 Å². The molecular weight excluding hydrogens is 590 g/mol. The average Bonchev–Trinajstić information content (AvgIpc) is 3.71. The lowest BCUT2D eigenvalue weighted by atomic mass is 9.70. The van der Waals surface area contributed by atoms with Gasteiger partial charge in [-0.3, -0.25) is 19.2 Å². The van der Waals surface area contributed by atoms with Gasteiger partial charge >= 0.3 is 5.97 Å². The van der Waals surface area contributed by atoms with Crippen LogP contribution >= 0.6 is 0 Å². The van der Waals surface area contributed by atoms with Gasteiger partial charge in [0.05, 0.1) is 43.2 Å². The number of likely N-dealkylation sites (tertiary alicyclic amines) is 1. The Hall–Kier alpha value is -3.54. The predicted octanol–water partition coefficient (Wildman–Crippen LogP) is 2.94. The van der Waals surface area contributed by atoms with Crippen molar-refractivity contribution in [3.05, 3.63) is 61.2 Å². The number of nitrogens with one attached hydrogen (secondary N) is 1. The maximum absolute atomic E-state index is 14.3. The molecule has 4 rings (SSSR count). The summed E-state index contributed by atoms with van der Waals surface area (Å²) in [6.45, 7) is 11.7. The van der Waals surface area contributed by atoms with Crippen LogP contribution in [0.15, 0.2) is 55.6 Å². The van der Waals surface area contributed by atoms with Crippen molar-refractivity contribution in [1.29, 1.82) is 0 Å². The lowest BCUT2D eigenvalue weighted by molar-refractivity contribution is -0.163. The van der Waals surface area contributed by atoms with Gasteiger partial charge in [0.15, 0.2) is 0 Å². The SMILES string of the molecule is C=CCCC(=O)N[C@@H](COC)[C@@H](OC(=O)[C@@H]1[C@@H]2CC[C@]3(O2)[C@H](C(=O)N(CC=C)CCCC)N([C@H](C)CO)C(=O)[C@@H]13)c1ccccc1. The molecular formula is C35H49N3O8. The average molecular weight is 640 g/mol. The molecule has 46 heavy (non-hydrogen) atoms. The fraction of sp³-hybridized carbons (Fsp3) is 0.600. The number of carbonyl (C=O) groups is 4. The number of methoxy groups -OCH3 is 1. The van der Waals surface area contributed by atoms with E-state index in [-0.39, 0.29) is 31.4 Å². The van der Waals surface area contributed by atoms with E-state index in [4.69, 9.17) is 14.2 Å². The van der Waals surface area contributed by atoms with E-state index in [1.165, 1.54) is 12.0 Å². The molecule has 0 saturated carbocycles. The lowest BCUT2D eigenvalue weighted by Gasteiger charge is -2.38. The molecule has 3 aliphatic heterocycles. The monoisotopic (exact) mass is 639 g/mol. The molecule has 0 aromatic heterocycles. The summed E-state index contributed by atoms with van der Waals surface area (Å²) in [7, 11) is 1.50. The third-order valence-corrected chi connectivity index (χ3v) is 9.43. The normalized spacial score (nSPS) is 26.6. The van der Waals surface area contributed by atoms with E-state index in [0.29, 0.717) is 37.9 Å². The Morgan fingerprint density at radius 1 is 1.24 bits per heavy atom. The Kier molecular flexibility index (Phi) is 12.2. The highest BCUT2D eigenvalue weighted by Gasteiger charge is 2.75. The van der Waals surface area contributed by atoms with Crippen molar-refractivity contribution < 1.29 is 38.5 Å². The molecule has 8 atom stereocenters. The summed E-state index contributed by atoms with van der Waals surface area (Å²) < 4.78 is 18.2. The largest absolute Gasteiger partial charge is 0.455 e. The van der Waals surface area contributed by atoms with Gasteiger partial charge in [-0.25, -0.2) is 0 Å². The van der Waals surface area contributed by atoms with Gasteiger partial charge in [-0.15, -0.1) is 13.2 Å². The summed E-state index contributed by atoms with van der Waals surface area (Å²) in [5.74, 6) is -3.49. The lowest BCUT2D eigenvalue weighted by Crippen LogP contribution is -2.58. The van der Waals surface area contributed by atoms with Crippen molar-refractivity contribution in [3.63, 3.8) is 0 Å². The van der Waals surface area contributed by atoms with E-state index < -0.39 is 59.6 Å². The smallest absolute Gasteiger partial charge is 0.313 e. The van der Waals surface area contributed by atoms with Gasteiger partial charge < -0.3 is 34.4 Å². The Morgan fingerprint density at radius 2 is 1.98 bits per heavy atom. The van der Waals surface area contributed by atoms with Gasteiger partial charge in [-0.05, 0) is 38.2 Å². The number of amides is 3. The Balaban J connectivity index is 1.68. The molecule has 3 amide bonds. The summed E-state index contributed by atoms with van der Waals surface area (Å²) >= 11 is 0. The molecule has 3 saturated heterocycles. The fourth-order valence-corrected chi connectivity index (χ4v) is 7.29. The maximum Gasteiger partial charge on any atom is 0.313 e. The number of esters is 1. The highest BCUT2D eigenvalue weighted by molar-refractivity contribution is 5.98. The molecule has 11 nitrogen and oxygen atoms in total. The van der Waals surface area contributed by atoms with Crippen LogP contribution in [-0.2, 0) is 33.4 Å². The second-order valence-electron chi connectivity index (χ2n) is 12.5. The first kappa shape index (κ1) is 35.3. The fourth-order valence-electron chi connectivity index (χ4n) is 7.29. The highest BCUT2D eigenvalue weighted by Crippen LogP contribution is 2.59. The highest BCUT2D eigenvalue weighted by atomic mass is 16.6. The quantitative estimate of drug-likeness (QED) is 0.185. The van der Waals surface area contributed by atoms with Gasteiger partial charge in [0.1, 0.15) is 17.7 Å². The molecule has 3 aliphatic rings. The molecule has 1 spiro atoms. The number of hydrogen-bond acceptors (Lipinski definition) is 8. The summed E-state index contributed by atoms with van der Waals surface area (Å²) in [4.78, 5) is 58.7. The summed E-state index contributed by atoms with van der Waals surface area (Å²) in [6, 6.07) is 6.69. The van der Waals surface area contributed by atoms with Gasteiger partial charge in [-0.1, -0.05) is 55.8 Å². The second kappa shape index (κ2) is 15.8. The first-order chi connectivity index (χ1) is 22.2. The molecule has 3 fully saturated rings. The van der Waals surface area contributed by atoms with Crippen molar-refractivity contribution in [2.75, 3.05) is 33.4 Å². The minimum Gasteiger partial charge on any atom is -0.455 e. The van der Waals surface area contributed by atoms with Crippen molar-refractivity contribution in [1.82, 2.24) is 15.1 Å². The standard InChI is InChI=1S/C35H49N3O8/c1-6-9-16-27(40)36-25(22-44-5)30(24-14-12-11-13-15-24)45-34(43)28-26-17-18-35(46-26)29(28)32(41)38(23(4)21-39)31(35)33(42)37(19-8-3)20-10-7-2/h6,8,11-15,23,25-26,28-31,39H,1,3,7,9-10,16-22H2,2,4-5H3,(H,36,40)/t23-,25+,26+,28-,29-,30+,31+,35-/m1/s1. The van der Waals surface area contributed by atoms with Crippen LogP contribution in [0.3, 0.4) is 0 Å². The number of hydrogen-bond donors (Lipinski definition) is 2. The summed E-state index contributed by atoms with van der Waals surface area (Å²) in [6.07, 6.45) is 5.02. The third kappa shape index (κ3) is 6.91. The molecule has 0 unspecified atom stereocenters. The van der Waals surface area contributed by atoms with Crippen LogP contribution in [0.5, 0.6) is 0 Å². The van der Waals surface area contributed by atoms with E-state index in [1.807, 2.05) is 25.1 Å². The predicted molar refractivity (Wildman–Crippen MR) is 171 cm³/mol. The van der Waals surface area contributed by atoms with Crippen LogP contribution in [0.25, 0.3) is 0 Å². The van der Waals surface area contributed by atoms with Crippen molar-refractivity contribution in [2.24, 2.45) is 11.8 Å². The summed E-state index contributed by atoms with van der Waals surface area (Å²) in [5, 5.41) is 13.1. The number of unbranched alkanes of at least 4 members (excludes halogenated alkanes) is 1. The van der Waals surface area contributed by atoms with Crippen molar-refractivity contribution >= 4 is 23.7 Å². The molecule has 252 valence electrons. The van der Waals surface area contributed by atoms with E-state index in [1.54, 1.807) is 36.1 Å². The minimum atomic E-state index is -1.23.